The van der Waals surface area contributed by atoms with Crippen LogP contribution in [0, 0.1) is 6.92 Å². The number of hydrogen-bond donors (Lipinski definition) is 2. The van der Waals surface area contributed by atoms with Crippen LogP contribution >= 0.6 is 0 Å². The molecule has 1 aromatic rings. The molecule has 2 N–H and O–H groups in total. The molecule has 1 aromatic carbocycles. The zero-order valence-electron chi connectivity index (χ0n) is 17.2. The Bertz CT molecular complexity index is 618. The summed E-state index contributed by atoms with van der Waals surface area (Å²) in [7, 11) is 1.85. The van der Waals surface area contributed by atoms with Gasteiger partial charge in [-0.2, -0.15) is 0 Å². The molecule has 3 unspecified atom stereocenters. The zero-order chi connectivity index (χ0) is 19.2. The van der Waals surface area contributed by atoms with Crippen molar-refractivity contribution in [2.24, 2.45) is 4.99 Å². The van der Waals surface area contributed by atoms with Crippen molar-refractivity contribution in [2.45, 2.75) is 45.3 Å². The third-order valence-electron chi connectivity index (χ3n) is 5.70. The first-order valence-electron chi connectivity index (χ1n) is 10.2. The zero-order valence-corrected chi connectivity index (χ0v) is 17.2. The van der Waals surface area contributed by atoms with Crippen molar-refractivity contribution in [3.63, 3.8) is 0 Å². The fourth-order valence-electron chi connectivity index (χ4n) is 4.01. The van der Waals surface area contributed by atoms with E-state index in [4.69, 9.17) is 4.74 Å². The molecule has 3 rings (SSSR count). The van der Waals surface area contributed by atoms with E-state index in [1.165, 1.54) is 11.3 Å². The van der Waals surface area contributed by atoms with Gasteiger partial charge in [-0.1, -0.05) is 17.7 Å². The minimum absolute atomic E-state index is 0.426. The second kappa shape index (κ2) is 9.42. The number of anilines is 1. The van der Waals surface area contributed by atoms with Gasteiger partial charge in [0.15, 0.2) is 5.96 Å². The third kappa shape index (κ3) is 5.36. The molecule has 2 fully saturated rings. The number of nitrogens with one attached hydrogen (secondary N) is 2. The van der Waals surface area contributed by atoms with E-state index in [9.17, 15) is 0 Å². The predicted molar refractivity (Wildman–Crippen MR) is 113 cm³/mol. The Labute approximate surface area is 164 Å². The number of aryl methyl sites for hydroxylation is 1. The van der Waals surface area contributed by atoms with Crippen LogP contribution in [0.5, 0.6) is 0 Å². The van der Waals surface area contributed by atoms with Crippen molar-refractivity contribution in [1.29, 1.82) is 0 Å². The Morgan fingerprint density at radius 1 is 1.30 bits per heavy atom. The molecule has 150 valence electrons. The molecule has 0 aromatic heterocycles. The normalized spacial score (nSPS) is 25.5. The number of nitrogens with zero attached hydrogens (tertiary/aromatic N) is 3. The van der Waals surface area contributed by atoms with Gasteiger partial charge in [-0.3, -0.25) is 9.89 Å². The Hall–Kier alpha value is -1.79. The molecule has 6 nitrogen and oxygen atoms in total. The molecule has 2 aliphatic heterocycles. The molecule has 2 heterocycles. The molecule has 0 spiro atoms. The van der Waals surface area contributed by atoms with Gasteiger partial charge in [0.2, 0.25) is 0 Å². The molecule has 3 atom stereocenters. The van der Waals surface area contributed by atoms with Gasteiger partial charge in [-0.15, -0.1) is 0 Å². The van der Waals surface area contributed by atoms with Gasteiger partial charge in [0.25, 0.3) is 0 Å². The van der Waals surface area contributed by atoms with Crippen LogP contribution in [0.25, 0.3) is 0 Å². The van der Waals surface area contributed by atoms with Crippen LogP contribution in [0.1, 0.15) is 25.8 Å². The summed E-state index contributed by atoms with van der Waals surface area (Å²) in [5.74, 6) is 0.901. The number of benzene rings is 1. The van der Waals surface area contributed by atoms with E-state index in [0.717, 1.165) is 51.8 Å². The van der Waals surface area contributed by atoms with Crippen molar-refractivity contribution >= 4 is 11.6 Å². The first kappa shape index (κ1) is 20.0. The lowest BCUT2D eigenvalue weighted by Gasteiger charge is -2.38. The lowest BCUT2D eigenvalue weighted by atomic mass is 10.2. The topological polar surface area (TPSA) is 52.1 Å². The molecule has 0 aliphatic carbocycles. The molecular weight excluding hydrogens is 338 g/mol. The van der Waals surface area contributed by atoms with E-state index >= 15 is 0 Å². The Morgan fingerprint density at radius 3 is 2.78 bits per heavy atom. The lowest BCUT2D eigenvalue weighted by Crippen LogP contribution is -2.53. The summed E-state index contributed by atoms with van der Waals surface area (Å²) in [6.45, 7) is 12.3. The van der Waals surface area contributed by atoms with Crippen molar-refractivity contribution in [3.8, 4) is 0 Å². The number of guanidine groups is 1. The Kier molecular flexibility index (Phi) is 6.96. The van der Waals surface area contributed by atoms with Gasteiger partial charge >= 0.3 is 0 Å². The second-order valence-corrected chi connectivity index (χ2v) is 7.88. The van der Waals surface area contributed by atoms with Crippen LogP contribution in [-0.4, -0.2) is 75.4 Å². The molecular formula is C21H35N5O. The van der Waals surface area contributed by atoms with E-state index in [1.54, 1.807) is 0 Å². The van der Waals surface area contributed by atoms with E-state index in [2.05, 4.69) is 70.5 Å². The summed E-state index contributed by atoms with van der Waals surface area (Å²) >= 11 is 0. The van der Waals surface area contributed by atoms with Crippen LogP contribution in [0.3, 0.4) is 0 Å². The molecule has 0 amide bonds. The summed E-state index contributed by atoms with van der Waals surface area (Å²) in [5.41, 5.74) is 2.61. The Morgan fingerprint density at radius 2 is 2.07 bits per heavy atom. The maximum atomic E-state index is 5.55. The molecule has 0 bridgehead atoms. The SMILES string of the molecule is CN=C(NCC(C)N1CCOCC1C)NC1CCN(c2ccc(C)cc2)C1. The molecule has 27 heavy (non-hydrogen) atoms. The lowest BCUT2D eigenvalue weighted by molar-refractivity contribution is -0.0174. The summed E-state index contributed by atoms with van der Waals surface area (Å²) in [6.07, 6.45) is 1.13. The maximum absolute atomic E-state index is 5.55. The summed E-state index contributed by atoms with van der Waals surface area (Å²) in [6, 6.07) is 10.2. The molecule has 0 radical (unpaired) electrons. The van der Waals surface area contributed by atoms with Crippen molar-refractivity contribution < 1.29 is 4.74 Å². The summed E-state index contributed by atoms with van der Waals surface area (Å²) in [4.78, 5) is 9.39. The summed E-state index contributed by atoms with van der Waals surface area (Å²) in [5, 5.41) is 7.11. The van der Waals surface area contributed by atoms with Gasteiger partial charge in [0, 0.05) is 57.0 Å². The van der Waals surface area contributed by atoms with Crippen molar-refractivity contribution in [2.75, 3.05) is 51.3 Å². The van der Waals surface area contributed by atoms with Crippen LogP contribution in [0.4, 0.5) is 5.69 Å². The number of aliphatic imine (C=N–C) groups is 1. The third-order valence-corrected chi connectivity index (χ3v) is 5.70. The van der Waals surface area contributed by atoms with Crippen LogP contribution < -0.4 is 15.5 Å². The average Bonchev–Trinajstić information content (AvgIpc) is 3.14. The number of hydrogen-bond acceptors (Lipinski definition) is 4. The minimum atomic E-state index is 0.426. The van der Waals surface area contributed by atoms with Crippen molar-refractivity contribution in [1.82, 2.24) is 15.5 Å². The highest BCUT2D eigenvalue weighted by Crippen LogP contribution is 2.20. The van der Waals surface area contributed by atoms with Gasteiger partial charge < -0.3 is 20.3 Å². The standard InChI is InChI=1S/C21H35N5O/c1-16-5-7-20(8-6-16)25-10-9-19(14-25)24-21(22-4)23-13-17(2)26-11-12-27-15-18(26)3/h5-8,17-19H,9-15H2,1-4H3,(H2,22,23,24). The van der Waals surface area contributed by atoms with E-state index in [-0.39, 0.29) is 0 Å². The van der Waals surface area contributed by atoms with Gasteiger partial charge in [0.05, 0.1) is 13.2 Å². The van der Waals surface area contributed by atoms with Crippen LogP contribution in [0.2, 0.25) is 0 Å². The first-order valence-corrected chi connectivity index (χ1v) is 10.2. The molecule has 0 saturated carbocycles. The highest BCUT2D eigenvalue weighted by molar-refractivity contribution is 5.80. The largest absolute Gasteiger partial charge is 0.379 e. The van der Waals surface area contributed by atoms with Crippen LogP contribution in [0.15, 0.2) is 29.3 Å². The molecule has 2 saturated heterocycles. The van der Waals surface area contributed by atoms with Gasteiger partial charge in [0.1, 0.15) is 0 Å². The smallest absolute Gasteiger partial charge is 0.191 e. The molecule has 2 aliphatic rings. The fraction of sp³-hybridized carbons (Fsp3) is 0.667. The maximum Gasteiger partial charge on any atom is 0.191 e. The number of rotatable bonds is 5. The van der Waals surface area contributed by atoms with E-state index in [1.807, 2.05) is 7.05 Å². The molecule has 6 heteroatoms. The number of ether oxygens (including phenoxy) is 1. The van der Waals surface area contributed by atoms with Crippen LogP contribution in [-0.2, 0) is 4.74 Å². The van der Waals surface area contributed by atoms with Gasteiger partial charge in [-0.05, 0) is 39.3 Å². The Balaban J connectivity index is 1.45. The number of morpholine rings is 1. The fourth-order valence-corrected chi connectivity index (χ4v) is 4.01. The highest BCUT2D eigenvalue weighted by Gasteiger charge is 2.25. The van der Waals surface area contributed by atoms with E-state index in [0.29, 0.717) is 18.1 Å². The highest BCUT2D eigenvalue weighted by atomic mass is 16.5. The predicted octanol–water partition coefficient (Wildman–Crippen LogP) is 1.85. The van der Waals surface area contributed by atoms with E-state index < -0.39 is 0 Å². The second-order valence-electron chi connectivity index (χ2n) is 7.88. The minimum Gasteiger partial charge on any atom is -0.379 e. The first-order chi connectivity index (χ1) is 13.1. The van der Waals surface area contributed by atoms with Crippen molar-refractivity contribution in [3.05, 3.63) is 29.8 Å². The monoisotopic (exact) mass is 373 g/mol. The van der Waals surface area contributed by atoms with Gasteiger partial charge in [-0.25, -0.2) is 0 Å². The summed E-state index contributed by atoms with van der Waals surface area (Å²) < 4.78 is 5.55. The quantitative estimate of drug-likeness (QED) is 0.609. The average molecular weight is 374 g/mol.